The van der Waals surface area contributed by atoms with Gasteiger partial charge in [-0.2, -0.15) is 0 Å². The summed E-state index contributed by atoms with van der Waals surface area (Å²) in [6, 6.07) is 45.4. The maximum absolute atomic E-state index is 13.8. The van der Waals surface area contributed by atoms with Gasteiger partial charge in [0, 0.05) is 6.92 Å². The summed E-state index contributed by atoms with van der Waals surface area (Å²) in [5.74, 6) is -2.24. The Morgan fingerprint density at radius 1 is 0.516 bits per heavy atom. The summed E-state index contributed by atoms with van der Waals surface area (Å²) < 4.78 is 56.9. The SMILES string of the molecule is CC(=O)O[C@@H]1[C@@H](O[C@@H]2O[C@@H](C)[C@@H](OCc3ccccc3)[C@@H](OCc3ccccc3)[C@@H]2OCc2ccccc2)[C@H](OC(=O)c2ccccc2)[C@@H](COC(=O)c2ccccc2)O[C@@H]1O. The van der Waals surface area contributed by atoms with Gasteiger partial charge in [0.2, 0.25) is 0 Å². The number of ether oxygens (including phenoxy) is 9. The molecule has 0 bridgehead atoms. The highest BCUT2D eigenvalue weighted by Crippen LogP contribution is 2.36. The van der Waals surface area contributed by atoms with Gasteiger partial charge in [0.05, 0.1) is 37.1 Å². The second-order valence-electron chi connectivity index (χ2n) is 14.9. The molecule has 7 rings (SSSR count). The van der Waals surface area contributed by atoms with Crippen molar-refractivity contribution in [3.05, 3.63) is 179 Å². The summed E-state index contributed by atoms with van der Waals surface area (Å²) in [6.07, 6.45) is -12.2. The number of carbonyl (C=O) groups excluding carboxylic acids is 3. The maximum atomic E-state index is 13.8. The molecule has 0 aromatic heterocycles. The first kappa shape index (κ1) is 44.3. The molecule has 2 fully saturated rings. The number of rotatable bonds is 17. The van der Waals surface area contributed by atoms with Crippen molar-refractivity contribution in [3.8, 4) is 0 Å². The molecule has 1 N–H and O–H groups in total. The summed E-state index contributed by atoms with van der Waals surface area (Å²) in [7, 11) is 0. The third kappa shape index (κ3) is 11.8. The molecule has 0 saturated carbocycles. The molecule has 5 aromatic rings. The van der Waals surface area contributed by atoms with Gasteiger partial charge in [-0.3, -0.25) is 4.79 Å². The fraction of sp³-hybridized carbons (Fsp3) is 0.327. The maximum Gasteiger partial charge on any atom is 0.338 e. The Kier molecular flexibility index (Phi) is 15.6. The first-order chi connectivity index (χ1) is 30.2. The number of carbonyl (C=O) groups is 3. The minimum Gasteiger partial charge on any atom is -0.459 e. The van der Waals surface area contributed by atoms with E-state index in [0.717, 1.165) is 23.6 Å². The summed E-state index contributed by atoms with van der Waals surface area (Å²) in [5.41, 5.74) is 3.14. The monoisotopic (exact) mass is 846 g/mol. The van der Waals surface area contributed by atoms with Crippen LogP contribution in [-0.4, -0.2) is 91.0 Å². The Hall–Kier alpha value is -5.77. The van der Waals surface area contributed by atoms with E-state index in [1.807, 2.05) is 97.9 Å². The van der Waals surface area contributed by atoms with Crippen molar-refractivity contribution in [2.75, 3.05) is 6.61 Å². The normalized spacial score (nSPS) is 25.9. The molecular formula is C49H50O13. The summed E-state index contributed by atoms with van der Waals surface area (Å²) in [5, 5.41) is 11.5. The molecule has 62 heavy (non-hydrogen) atoms. The van der Waals surface area contributed by atoms with Crippen LogP contribution in [0, 0.1) is 0 Å². The molecule has 2 saturated heterocycles. The van der Waals surface area contributed by atoms with E-state index in [1.54, 1.807) is 60.7 Å². The van der Waals surface area contributed by atoms with Crippen LogP contribution >= 0.6 is 0 Å². The van der Waals surface area contributed by atoms with Crippen molar-refractivity contribution in [1.82, 2.24) is 0 Å². The molecule has 0 amide bonds. The van der Waals surface area contributed by atoms with E-state index < -0.39 is 85.9 Å². The first-order valence-corrected chi connectivity index (χ1v) is 20.5. The van der Waals surface area contributed by atoms with Gasteiger partial charge in [0.25, 0.3) is 0 Å². The van der Waals surface area contributed by atoms with Gasteiger partial charge in [0.1, 0.15) is 37.1 Å². The van der Waals surface area contributed by atoms with Gasteiger partial charge in [-0.15, -0.1) is 0 Å². The van der Waals surface area contributed by atoms with Crippen LogP contribution in [0.2, 0.25) is 0 Å². The highest BCUT2D eigenvalue weighted by molar-refractivity contribution is 5.90. The van der Waals surface area contributed by atoms with Crippen LogP contribution in [0.4, 0.5) is 0 Å². The third-order valence-corrected chi connectivity index (χ3v) is 10.4. The lowest BCUT2D eigenvalue weighted by Crippen LogP contribution is -2.66. The van der Waals surface area contributed by atoms with E-state index in [4.69, 9.17) is 42.6 Å². The molecule has 13 heteroatoms. The van der Waals surface area contributed by atoms with Crippen molar-refractivity contribution < 1.29 is 62.1 Å². The molecule has 0 radical (unpaired) electrons. The van der Waals surface area contributed by atoms with Gasteiger partial charge >= 0.3 is 17.9 Å². The van der Waals surface area contributed by atoms with Gasteiger partial charge < -0.3 is 47.7 Å². The Labute approximate surface area is 360 Å². The molecular weight excluding hydrogens is 797 g/mol. The largest absolute Gasteiger partial charge is 0.459 e. The lowest BCUT2D eigenvalue weighted by Gasteiger charge is -2.48. The Bertz CT molecular complexity index is 2140. The molecule has 13 nitrogen and oxygen atoms in total. The summed E-state index contributed by atoms with van der Waals surface area (Å²) >= 11 is 0. The zero-order valence-electron chi connectivity index (χ0n) is 34.4. The van der Waals surface area contributed by atoms with Crippen molar-refractivity contribution in [2.24, 2.45) is 0 Å². The zero-order valence-corrected chi connectivity index (χ0v) is 34.4. The minimum absolute atomic E-state index is 0.105. The second kappa shape index (κ2) is 21.8. The number of esters is 3. The highest BCUT2D eigenvalue weighted by atomic mass is 16.8. The van der Waals surface area contributed by atoms with Gasteiger partial charge in [-0.05, 0) is 47.9 Å². The van der Waals surface area contributed by atoms with Crippen LogP contribution in [0.5, 0.6) is 0 Å². The molecule has 10 atom stereocenters. The number of hydrogen-bond acceptors (Lipinski definition) is 13. The van der Waals surface area contributed by atoms with E-state index in [9.17, 15) is 19.5 Å². The summed E-state index contributed by atoms with van der Waals surface area (Å²) in [6.45, 7) is 3.02. The van der Waals surface area contributed by atoms with Crippen LogP contribution in [0.25, 0.3) is 0 Å². The van der Waals surface area contributed by atoms with Crippen LogP contribution in [0.3, 0.4) is 0 Å². The number of aliphatic hydroxyl groups is 1. The van der Waals surface area contributed by atoms with Crippen LogP contribution in [-0.2, 0) is 67.2 Å². The van der Waals surface area contributed by atoms with E-state index in [2.05, 4.69) is 0 Å². The van der Waals surface area contributed by atoms with E-state index in [1.165, 1.54) is 0 Å². The second-order valence-corrected chi connectivity index (χ2v) is 14.9. The highest BCUT2D eigenvalue weighted by Gasteiger charge is 2.55. The fourth-order valence-corrected chi connectivity index (χ4v) is 7.36. The number of hydrogen-bond donors (Lipinski definition) is 1. The van der Waals surface area contributed by atoms with Crippen LogP contribution in [0.1, 0.15) is 51.3 Å². The van der Waals surface area contributed by atoms with Crippen molar-refractivity contribution in [1.29, 1.82) is 0 Å². The Morgan fingerprint density at radius 3 is 1.47 bits per heavy atom. The number of benzene rings is 5. The van der Waals surface area contributed by atoms with Crippen LogP contribution in [0.15, 0.2) is 152 Å². The van der Waals surface area contributed by atoms with Gasteiger partial charge in [0.15, 0.2) is 24.8 Å². The van der Waals surface area contributed by atoms with Crippen LogP contribution < -0.4 is 0 Å². The molecule has 324 valence electrons. The van der Waals surface area contributed by atoms with Crippen molar-refractivity contribution in [2.45, 2.75) is 95.1 Å². The third-order valence-electron chi connectivity index (χ3n) is 10.4. The average Bonchev–Trinajstić information content (AvgIpc) is 3.30. The molecule has 5 aromatic carbocycles. The lowest BCUT2D eigenvalue weighted by molar-refractivity contribution is -0.363. The molecule has 0 spiro atoms. The first-order valence-electron chi connectivity index (χ1n) is 20.5. The predicted molar refractivity (Wildman–Crippen MR) is 223 cm³/mol. The van der Waals surface area contributed by atoms with E-state index >= 15 is 0 Å². The van der Waals surface area contributed by atoms with E-state index in [0.29, 0.717) is 0 Å². The Balaban J connectivity index is 1.25. The molecule has 2 aliphatic rings. The fourth-order valence-electron chi connectivity index (χ4n) is 7.36. The molecule has 0 unspecified atom stereocenters. The van der Waals surface area contributed by atoms with Gasteiger partial charge in [-0.25, -0.2) is 9.59 Å². The molecule has 2 heterocycles. The quantitative estimate of drug-likeness (QED) is 0.0790. The standard InChI is InChI=1S/C49H50O13/c1-32-40(54-28-34-18-8-3-9-19-34)42(55-29-35-20-10-4-11-21-35)45(56-30-36-22-12-5-13-23-36)49(58-32)62-43-41(61-47(52)38-26-16-7-17-27-38)39(60-48(53)44(43)59-33(2)50)31-57-46(51)37-24-14-6-15-25-37/h3-27,32,39-45,48-49,53H,28-31H2,1-2H3/t32-,39+,40+,41+,42+,43-,44+,45-,48-,49-/m0/s1. The smallest absolute Gasteiger partial charge is 0.338 e. The summed E-state index contributed by atoms with van der Waals surface area (Å²) in [4.78, 5) is 39.7. The zero-order chi connectivity index (χ0) is 43.3. The van der Waals surface area contributed by atoms with E-state index in [-0.39, 0.29) is 30.9 Å². The van der Waals surface area contributed by atoms with Crippen molar-refractivity contribution >= 4 is 17.9 Å². The Morgan fingerprint density at radius 2 is 0.968 bits per heavy atom. The average molecular weight is 847 g/mol. The predicted octanol–water partition coefficient (Wildman–Crippen LogP) is 6.60. The topological polar surface area (TPSA) is 155 Å². The molecule has 0 aliphatic carbocycles. The van der Waals surface area contributed by atoms with Gasteiger partial charge in [-0.1, -0.05) is 127 Å². The lowest BCUT2D eigenvalue weighted by atomic mass is 9.96. The molecule has 2 aliphatic heterocycles. The minimum atomic E-state index is -1.83. The number of aliphatic hydroxyl groups excluding tert-OH is 1. The van der Waals surface area contributed by atoms with Crippen molar-refractivity contribution in [3.63, 3.8) is 0 Å².